The van der Waals surface area contributed by atoms with Gasteiger partial charge in [-0.05, 0) is 50.1 Å². The van der Waals surface area contributed by atoms with Crippen LogP contribution in [-0.2, 0) is 4.74 Å². The second-order valence-corrected chi connectivity index (χ2v) is 8.25. The number of anilines is 1. The monoisotopic (exact) mass is 565 g/mol. The van der Waals surface area contributed by atoms with E-state index < -0.39 is 0 Å². The zero-order chi connectivity index (χ0) is 19.1. The van der Waals surface area contributed by atoms with Crippen LogP contribution in [0.25, 0.3) is 0 Å². The number of hydrogen-bond donors (Lipinski definition) is 2. The lowest BCUT2D eigenvalue weighted by molar-refractivity contribution is 0.141. The highest BCUT2D eigenvalue weighted by molar-refractivity contribution is 14.0. The van der Waals surface area contributed by atoms with Crippen LogP contribution in [0, 0.1) is 0 Å². The SMILES string of the molecule is CN=C(NCC1CCCN1CCOC)NC1CCN(c2ccc(Br)cc2)C1.I. The van der Waals surface area contributed by atoms with E-state index in [-0.39, 0.29) is 24.0 Å². The molecule has 2 fully saturated rings. The zero-order valence-corrected chi connectivity index (χ0v) is 20.8. The molecular weight excluding hydrogens is 533 g/mol. The summed E-state index contributed by atoms with van der Waals surface area (Å²) >= 11 is 3.51. The van der Waals surface area contributed by atoms with E-state index in [0.717, 1.165) is 49.6 Å². The molecule has 0 spiro atoms. The molecule has 0 bridgehead atoms. The van der Waals surface area contributed by atoms with Gasteiger partial charge in [-0.3, -0.25) is 9.89 Å². The van der Waals surface area contributed by atoms with E-state index >= 15 is 0 Å². The normalized spacial score (nSPS) is 23.0. The van der Waals surface area contributed by atoms with Gasteiger partial charge in [0.05, 0.1) is 6.61 Å². The largest absolute Gasteiger partial charge is 0.383 e. The Morgan fingerprint density at radius 2 is 2.04 bits per heavy atom. The molecule has 0 aliphatic carbocycles. The number of likely N-dealkylation sites (tertiary alicyclic amines) is 1. The summed E-state index contributed by atoms with van der Waals surface area (Å²) in [5.41, 5.74) is 1.28. The summed E-state index contributed by atoms with van der Waals surface area (Å²) in [6, 6.07) is 9.55. The van der Waals surface area contributed by atoms with Crippen molar-refractivity contribution in [1.29, 1.82) is 0 Å². The number of benzene rings is 1. The lowest BCUT2D eigenvalue weighted by Gasteiger charge is -2.26. The van der Waals surface area contributed by atoms with Crippen LogP contribution in [0.15, 0.2) is 33.7 Å². The lowest BCUT2D eigenvalue weighted by atomic mass is 10.2. The molecule has 2 saturated heterocycles. The first-order valence-electron chi connectivity index (χ1n) is 9.90. The first-order valence-corrected chi connectivity index (χ1v) is 10.7. The molecule has 2 aliphatic heterocycles. The van der Waals surface area contributed by atoms with E-state index in [9.17, 15) is 0 Å². The quantitative estimate of drug-likeness (QED) is 0.302. The molecular formula is C20H33BrIN5O. The van der Waals surface area contributed by atoms with Gasteiger partial charge >= 0.3 is 0 Å². The molecule has 1 aromatic carbocycles. The van der Waals surface area contributed by atoms with Crippen LogP contribution >= 0.6 is 39.9 Å². The summed E-state index contributed by atoms with van der Waals surface area (Å²) < 4.78 is 6.36. The van der Waals surface area contributed by atoms with Crippen molar-refractivity contribution in [2.75, 3.05) is 58.4 Å². The van der Waals surface area contributed by atoms with Gasteiger partial charge in [-0.25, -0.2) is 0 Å². The Labute approximate surface area is 194 Å². The maximum Gasteiger partial charge on any atom is 0.191 e. The standard InChI is InChI=1S/C20H32BrN5O.HI/c1-22-20(23-14-19-4-3-10-25(19)12-13-27-2)24-17-9-11-26(15-17)18-7-5-16(21)6-8-18;/h5-8,17,19H,3-4,9-15H2,1-2H3,(H2,22,23,24);1H. The number of nitrogens with zero attached hydrogens (tertiary/aromatic N) is 3. The van der Waals surface area contributed by atoms with Crippen molar-refractivity contribution < 1.29 is 4.74 Å². The highest BCUT2D eigenvalue weighted by Gasteiger charge is 2.26. The van der Waals surface area contributed by atoms with E-state index in [1.807, 2.05) is 7.05 Å². The van der Waals surface area contributed by atoms with Crippen molar-refractivity contribution in [3.05, 3.63) is 28.7 Å². The number of guanidine groups is 1. The second kappa shape index (κ2) is 12.2. The average molecular weight is 566 g/mol. The maximum absolute atomic E-state index is 5.24. The van der Waals surface area contributed by atoms with Gasteiger partial charge in [-0.2, -0.15) is 0 Å². The fourth-order valence-electron chi connectivity index (χ4n) is 4.00. The zero-order valence-electron chi connectivity index (χ0n) is 16.9. The number of hydrogen-bond acceptors (Lipinski definition) is 4. The first-order chi connectivity index (χ1) is 13.2. The predicted octanol–water partition coefficient (Wildman–Crippen LogP) is 2.92. The van der Waals surface area contributed by atoms with Crippen molar-refractivity contribution >= 4 is 51.6 Å². The third-order valence-electron chi connectivity index (χ3n) is 5.53. The fraction of sp³-hybridized carbons (Fsp3) is 0.650. The minimum atomic E-state index is 0. The molecule has 2 N–H and O–H groups in total. The van der Waals surface area contributed by atoms with Gasteiger partial charge in [-0.15, -0.1) is 24.0 Å². The van der Waals surface area contributed by atoms with Gasteiger partial charge < -0.3 is 20.3 Å². The van der Waals surface area contributed by atoms with E-state index in [0.29, 0.717) is 12.1 Å². The molecule has 2 aliphatic rings. The van der Waals surface area contributed by atoms with Crippen molar-refractivity contribution in [3.63, 3.8) is 0 Å². The number of nitrogens with one attached hydrogen (secondary N) is 2. The molecule has 3 rings (SSSR count). The lowest BCUT2D eigenvalue weighted by Crippen LogP contribution is -2.48. The number of methoxy groups -OCH3 is 1. The minimum absolute atomic E-state index is 0. The van der Waals surface area contributed by atoms with E-state index in [2.05, 4.69) is 65.6 Å². The third-order valence-corrected chi connectivity index (χ3v) is 6.06. The Bertz CT molecular complexity index is 615. The van der Waals surface area contributed by atoms with Gasteiger partial charge in [0.2, 0.25) is 0 Å². The van der Waals surface area contributed by atoms with Crippen LogP contribution in [0.4, 0.5) is 5.69 Å². The van der Waals surface area contributed by atoms with Crippen LogP contribution in [0.1, 0.15) is 19.3 Å². The number of aliphatic imine (C=N–C) groups is 1. The van der Waals surface area contributed by atoms with Crippen molar-refractivity contribution in [2.45, 2.75) is 31.3 Å². The summed E-state index contributed by atoms with van der Waals surface area (Å²) in [4.78, 5) is 9.39. The van der Waals surface area contributed by atoms with Gasteiger partial charge in [0.25, 0.3) is 0 Å². The molecule has 0 radical (unpaired) electrons. The molecule has 0 aromatic heterocycles. The molecule has 158 valence electrons. The predicted molar refractivity (Wildman–Crippen MR) is 131 cm³/mol. The van der Waals surface area contributed by atoms with Gasteiger partial charge in [0, 0.05) is 62.6 Å². The highest BCUT2D eigenvalue weighted by atomic mass is 127. The molecule has 2 heterocycles. The van der Waals surface area contributed by atoms with E-state index in [1.165, 1.54) is 25.1 Å². The minimum Gasteiger partial charge on any atom is -0.383 e. The molecule has 2 unspecified atom stereocenters. The Hall–Kier alpha value is -0.580. The van der Waals surface area contributed by atoms with Gasteiger partial charge in [0.1, 0.15) is 0 Å². The summed E-state index contributed by atoms with van der Waals surface area (Å²) in [5.74, 6) is 0.913. The second-order valence-electron chi connectivity index (χ2n) is 7.33. The Morgan fingerprint density at radius 1 is 1.25 bits per heavy atom. The van der Waals surface area contributed by atoms with Gasteiger partial charge in [-0.1, -0.05) is 15.9 Å². The molecule has 6 nitrogen and oxygen atoms in total. The van der Waals surface area contributed by atoms with Crippen molar-refractivity contribution in [2.24, 2.45) is 4.99 Å². The number of ether oxygens (including phenoxy) is 1. The molecule has 1 aromatic rings. The Morgan fingerprint density at radius 3 is 2.75 bits per heavy atom. The molecule has 0 amide bonds. The molecule has 0 saturated carbocycles. The maximum atomic E-state index is 5.24. The average Bonchev–Trinajstić information content (AvgIpc) is 3.33. The summed E-state index contributed by atoms with van der Waals surface area (Å²) in [5, 5.41) is 7.14. The van der Waals surface area contributed by atoms with Crippen LogP contribution in [-0.4, -0.2) is 76.4 Å². The molecule has 28 heavy (non-hydrogen) atoms. The fourth-order valence-corrected chi connectivity index (χ4v) is 4.26. The summed E-state index contributed by atoms with van der Waals surface area (Å²) in [7, 11) is 3.63. The van der Waals surface area contributed by atoms with Crippen molar-refractivity contribution in [1.82, 2.24) is 15.5 Å². The molecule has 8 heteroatoms. The van der Waals surface area contributed by atoms with E-state index in [4.69, 9.17) is 4.74 Å². The summed E-state index contributed by atoms with van der Waals surface area (Å²) in [6.07, 6.45) is 3.64. The number of halogens is 2. The van der Waals surface area contributed by atoms with Gasteiger partial charge in [0.15, 0.2) is 5.96 Å². The third kappa shape index (κ3) is 6.74. The van der Waals surface area contributed by atoms with E-state index in [1.54, 1.807) is 7.11 Å². The Kier molecular flexibility index (Phi) is 10.3. The molecule has 2 atom stereocenters. The van der Waals surface area contributed by atoms with Crippen LogP contribution in [0.3, 0.4) is 0 Å². The topological polar surface area (TPSA) is 52.1 Å². The first kappa shape index (κ1) is 23.7. The highest BCUT2D eigenvalue weighted by Crippen LogP contribution is 2.22. The van der Waals surface area contributed by atoms with Crippen molar-refractivity contribution in [3.8, 4) is 0 Å². The smallest absolute Gasteiger partial charge is 0.191 e. The van der Waals surface area contributed by atoms with Crippen LogP contribution in [0.2, 0.25) is 0 Å². The Balaban J connectivity index is 0.00000280. The van der Waals surface area contributed by atoms with Crippen LogP contribution in [0.5, 0.6) is 0 Å². The summed E-state index contributed by atoms with van der Waals surface area (Å²) in [6.45, 7) is 6.01. The van der Waals surface area contributed by atoms with Crippen LogP contribution < -0.4 is 15.5 Å². The number of rotatable bonds is 7.